The molecule has 0 spiro atoms. The molecule has 0 aliphatic carbocycles. The third-order valence-corrected chi connectivity index (χ3v) is 2.55. The summed E-state index contributed by atoms with van der Waals surface area (Å²) in [6.07, 6.45) is -1.32. The van der Waals surface area contributed by atoms with E-state index in [1.807, 2.05) is 18.2 Å². The lowest BCUT2D eigenvalue weighted by Gasteiger charge is -2.32. The van der Waals surface area contributed by atoms with Gasteiger partial charge in [0.2, 0.25) is 0 Å². The molecule has 0 bridgehead atoms. The minimum Gasteiger partial charge on any atom is -0.472 e. The molecular weight excluding hydrogens is 234 g/mol. The lowest BCUT2D eigenvalue weighted by atomic mass is 10.3. The fourth-order valence-corrected chi connectivity index (χ4v) is 1.74. The summed E-state index contributed by atoms with van der Waals surface area (Å²) in [5.74, 6) is 0.643. The fraction of sp³-hybridized carbons (Fsp3) is 0.538. The summed E-state index contributed by atoms with van der Waals surface area (Å²) < 4.78 is 5.70. The van der Waals surface area contributed by atoms with Crippen molar-refractivity contribution >= 4 is 0 Å². The normalized spacial score (nSPS) is 14.5. The maximum atomic E-state index is 9.77. The van der Waals surface area contributed by atoms with E-state index >= 15 is 0 Å². The summed E-state index contributed by atoms with van der Waals surface area (Å²) >= 11 is 0. The largest absolute Gasteiger partial charge is 0.472 e. The van der Waals surface area contributed by atoms with Crippen molar-refractivity contribution < 1.29 is 20.1 Å². The number of hydrogen-bond donors (Lipinski definition) is 3. The molecule has 0 aliphatic rings. The van der Waals surface area contributed by atoms with Crippen LogP contribution in [0, 0.1) is 0 Å². The molecule has 1 aromatic carbocycles. The van der Waals surface area contributed by atoms with Crippen molar-refractivity contribution in [2.24, 2.45) is 0 Å². The van der Waals surface area contributed by atoms with E-state index in [1.165, 1.54) is 0 Å². The van der Waals surface area contributed by atoms with Crippen molar-refractivity contribution in [3.63, 3.8) is 0 Å². The molecule has 2 unspecified atom stereocenters. The van der Waals surface area contributed by atoms with E-state index in [9.17, 15) is 5.11 Å². The molecule has 1 rings (SSSR count). The first-order valence-electron chi connectivity index (χ1n) is 6.04. The van der Waals surface area contributed by atoms with Crippen molar-refractivity contribution in [2.75, 3.05) is 26.3 Å². The van der Waals surface area contributed by atoms with E-state index in [0.29, 0.717) is 18.8 Å². The zero-order chi connectivity index (χ0) is 13.4. The molecule has 102 valence electrons. The zero-order valence-electron chi connectivity index (χ0n) is 10.6. The van der Waals surface area contributed by atoms with Gasteiger partial charge in [-0.15, -0.1) is 0 Å². The van der Waals surface area contributed by atoms with E-state index in [2.05, 4.69) is 0 Å². The Morgan fingerprint density at radius 3 is 2.11 bits per heavy atom. The smallest absolute Gasteiger partial charge is 0.178 e. The quantitative estimate of drug-likeness (QED) is 0.573. The molecule has 0 radical (unpaired) electrons. The van der Waals surface area contributed by atoms with Gasteiger partial charge >= 0.3 is 0 Å². The average Bonchev–Trinajstić information content (AvgIpc) is 2.37. The van der Waals surface area contributed by atoms with Crippen LogP contribution < -0.4 is 4.74 Å². The summed E-state index contributed by atoms with van der Waals surface area (Å²) in [6, 6.07) is 9.16. The average molecular weight is 255 g/mol. The minimum absolute atomic E-state index is 0.0542. The van der Waals surface area contributed by atoms with Crippen LogP contribution in [0.4, 0.5) is 0 Å². The van der Waals surface area contributed by atoms with Crippen LogP contribution in [0.3, 0.4) is 0 Å². The van der Waals surface area contributed by atoms with Crippen molar-refractivity contribution in [3.8, 4) is 5.75 Å². The third-order valence-electron chi connectivity index (χ3n) is 2.55. The van der Waals surface area contributed by atoms with Crippen molar-refractivity contribution in [1.29, 1.82) is 0 Å². The Hall–Kier alpha value is -1.14. The zero-order valence-corrected chi connectivity index (χ0v) is 10.6. The molecule has 3 N–H and O–H groups in total. The summed E-state index contributed by atoms with van der Waals surface area (Å²) in [4.78, 5) is 1.71. The molecule has 1 aromatic rings. The monoisotopic (exact) mass is 255 g/mol. The Kier molecular flexibility index (Phi) is 6.67. The second kappa shape index (κ2) is 8.05. The Balaban J connectivity index is 2.73. The van der Waals surface area contributed by atoms with Crippen LogP contribution in [-0.2, 0) is 0 Å². The van der Waals surface area contributed by atoms with Crippen molar-refractivity contribution in [3.05, 3.63) is 30.3 Å². The number of hydrogen-bond acceptors (Lipinski definition) is 5. The molecular formula is C13H21NO4. The van der Waals surface area contributed by atoms with Gasteiger partial charge in [-0.1, -0.05) is 18.2 Å². The van der Waals surface area contributed by atoms with Gasteiger partial charge in [-0.25, -0.2) is 0 Å². The van der Waals surface area contributed by atoms with E-state index in [1.54, 1.807) is 24.0 Å². The van der Waals surface area contributed by atoms with Crippen LogP contribution in [0.5, 0.6) is 5.75 Å². The van der Waals surface area contributed by atoms with Gasteiger partial charge in [-0.2, -0.15) is 0 Å². The highest BCUT2D eigenvalue weighted by molar-refractivity contribution is 5.21. The van der Waals surface area contributed by atoms with Gasteiger partial charge in [0.1, 0.15) is 11.9 Å². The van der Waals surface area contributed by atoms with E-state index < -0.39 is 12.3 Å². The van der Waals surface area contributed by atoms with Crippen LogP contribution >= 0.6 is 0 Å². The number of rotatable bonds is 8. The summed E-state index contributed by atoms with van der Waals surface area (Å²) in [5.41, 5.74) is 0. The highest BCUT2D eigenvalue weighted by Gasteiger charge is 2.24. The summed E-state index contributed by atoms with van der Waals surface area (Å²) in [7, 11) is 0. The number of para-hydroxylation sites is 1. The van der Waals surface area contributed by atoms with Crippen LogP contribution in [0.2, 0.25) is 0 Å². The van der Waals surface area contributed by atoms with Crippen LogP contribution in [0.1, 0.15) is 6.92 Å². The maximum absolute atomic E-state index is 9.77. The highest BCUT2D eigenvalue weighted by Crippen LogP contribution is 2.15. The van der Waals surface area contributed by atoms with Gasteiger partial charge < -0.3 is 20.1 Å². The highest BCUT2D eigenvalue weighted by atomic mass is 16.5. The van der Waals surface area contributed by atoms with Crippen LogP contribution in [-0.4, -0.2) is 58.9 Å². The lowest BCUT2D eigenvalue weighted by Crippen LogP contribution is -2.48. The fourth-order valence-electron chi connectivity index (χ4n) is 1.74. The van der Waals surface area contributed by atoms with Gasteiger partial charge in [-0.3, -0.25) is 4.90 Å². The molecule has 0 heterocycles. The second-order valence-electron chi connectivity index (χ2n) is 4.05. The number of ether oxygens (including phenoxy) is 1. The Morgan fingerprint density at radius 1 is 1.11 bits per heavy atom. The number of aliphatic hydroxyl groups is 3. The molecule has 0 aliphatic heterocycles. The van der Waals surface area contributed by atoms with E-state index in [-0.39, 0.29) is 13.2 Å². The van der Waals surface area contributed by atoms with Gasteiger partial charge in [0.15, 0.2) is 6.23 Å². The lowest BCUT2D eigenvalue weighted by molar-refractivity contribution is -0.0674. The molecule has 0 fully saturated rings. The second-order valence-corrected chi connectivity index (χ2v) is 4.05. The number of benzene rings is 1. The number of nitrogens with zero attached hydrogens (tertiary/aromatic N) is 1. The molecule has 5 nitrogen and oxygen atoms in total. The molecule has 0 saturated heterocycles. The topological polar surface area (TPSA) is 73.2 Å². The Bertz CT molecular complexity index is 312. The Labute approximate surface area is 107 Å². The van der Waals surface area contributed by atoms with Crippen molar-refractivity contribution in [1.82, 2.24) is 4.90 Å². The summed E-state index contributed by atoms with van der Waals surface area (Å²) in [5, 5.41) is 27.8. The minimum atomic E-state index is -0.733. The van der Waals surface area contributed by atoms with Gasteiger partial charge in [0.05, 0.1) is 13.2 Å². The van der Waals surface area contributed by atoms with Gasteiger partial charge in [0.25, 0.3) is 0 Å². The standard InChI is InChI=1S/C13H21NO4/c1-11(17)13(14(7-9-15)8-10-16)18-12-5-3-2-4-6-12/h2-6,11,13,15-17H,7-10H2,1H3. The predicted octanol–water partition coefficient (Wildman–Crippen LogP) is 0.0589. The van der Waals surface area contributed by atoms with E-state index in [0.717, 1.165) is 0 Å². The molecule has 2 atom stereocenters. The maximum Gasteiger partial charge on any atom is 0.178 e. The van der Waals surface area contributed by atoms with Crippen LogP contribution in [0.15, 0.2) is 30.3 Å². The molecule has 18 heavy (non-hydrogen) atoms. The van der Waals surface area contributed by atoms with Gasteiger partial charge in [0, 0.05) is 13.1 Å². The van der Waals surface area contributed by atoms with Crippen LogP contribution in [0.25, 0.3) is 0 Å². The van der Waals surface area contributed by atoms with Crippen molar-refractivity contribution in [2.45, 2.75) is 19.3 Å². The first kappa shape index (κ1) is 14.9. The molecule has 0 aromatic heterocycles. The number of aliphatic hydroxyl groups excluding tert-OH is 3. The first-order chi connectivity index (χ1) is 8.69. The molecule has 5 heteroatoms. The first-order valence-corrected chi connectivity index (χ1v) is 6.04. The SMILES string of the molecule is CC(O)C(Oc1ccccc1)N(CCO)CCO. The molecule has 0 amide bonds. The Morgan fingerprint density at radius 2 is 1.67 bits per heavy atom. The summed E-state index contributed by atoms with van der Waals surface area (Å²) in [6.45, 7) is 2.18. The van der Waals surface area contributed by atoms with Gasteiger partial charge in [-0.05, 0) is 19.1 Å². The predicted molar refractivity (Wildman–Crippen MR) is 68.3 cm³/mol. The molecule has 0 saturated carbocycles. The van der Waals surface area contributed by atoms with E-state index in [4.69, 9.17) is 14.9 Å². The third kappa shape index (κ3) is 4.62.